The molecule has 1 aliphatic rings. The third-order valence-electron chi connectivity index (χ3n) is 3.96. The topological polar surface area (TPSA) is 29.1 Å². The fourth-order valence-corrected chi connectivity index (χ4v) is 2.92. The van der Waals surface area contributed by atoms with Gasteiger partial charge in [0.15, 0.2) is 5.78 Å². The molecule has 1 aliphatic heterocycles. The average Bonchev–Trinajstić information content (AvgIpc) is 2.75. The first-order chi connectivity index (χ1) is 9.16. The van der Waals surface area contributed by atoms with Crippen molar-refractivity contribution in [2.75, 3.05) is 5.32 Å². The van der Waals surface area contributed by atoms with Crippen LogP contribution in [-0.2, 0) is 5.54 Å². The molecule has 0 radical (unpaired) electrons. The van der Waals surface area contributed by atoms with Crippen molar-refractivity contribution in [2.45, 2.75) is 19.4 Å². The number of nitrogens with one attached hydrogen (secondary N) is 1. The fraction of sp³-hybridized carbons (Fsp3) is 0.235. The van der Waals surface area contributed by atoms with Gasteiger partial charge < -0.3 is 5.32 Å². The molecule has 96 valence electrons. The second kappa shape index (κ2) is 4.23. The van der Waals surface area contributed by atoms with E-state index in [1.807, 2.05) is 54.6 Å². The summed E-state index contributed by atoms with van der Waals surface area (Å²) in [4.78, 5) is 12.9. The lowest BCUT2D eigenvalue weighted by atomic mass is 9.77. The molecule has 19 heavy (non-hydrogen) atoms. The molecule has 1 atom stereocenters. The van der Waals surface area contributed by atoms with E-state index in [9.17, 15) is 4.79 Å². The smallest absolute Gasteiger partial charge is 0.195 e. The molecule has 2 heteroatoms. The van der Waals surface area contributed by atoms with Gasteiger partial charge in [0.05, 0.1) is 0 Å². The molecule has 0 saturated heterocycles. The molecule has 2 aromatic carbocycles. The maximum atomic E-state index is 12.9. The van der Waals surface area contributed by atoms with Crippen molar-refractivity contribution >= 4 is 11.5 Å². The largest absolute Gasteiger partial charge is 0.368 e. The summed E-state index contributed by atoms with van der Waals surface area (Å²) in [5.41, 5.74) is 2.13. The van der Waals surface area contributed by atoms with Crippen molar-refractivity contribution in [1.82, 2.24) is 0 Å². The quantitative estimate of drug-likeness (QED) is 0.878. The molecule has 2 aromatic rings. The fourth-order valence-electron chi connectivity index (χ4n) is 2.92. The van der Waals surface area contributed by atoms with Gasteiger partial charge in [-0.1, -0.05) is 56.3 Å². The average molecular weight is 251 g/mol. The highest BCUT2D eigenvalue weighted by Gasteiger charge is 2.48. The molecule has 0 spiro atoms. The Morgan fingerprint density at radius 1 is 0.947 bits per heavy atom. The van der Waals surface area contributed by atoms with Crippen LogP contribution in [0.25, 0.3) is 0 Å². The van der Waals surface area contributed by atoms with E-state index in [-0.39, 0.29) is 11.7 Å². The maximum Gasteiger partial charge on any atom is 0.195 e. The Hall–Kier alpha value is -2.09. The number of Topliss-reactive ketones (excluding diaryl/α,β-unsaturated/α-hetero) is 1. The number of para-hydroxylation sites is 1. The number of rotatable bonds is 2. The minimum atomic E-state index is -0.634. The third kappa shape index (κ3) is 1.60. The molecule has 0 fully saturated rings. The molecule has 3 rings (SSSR count). The summed E-state index contributed by atoms with van der Waals surface area (Å²) in [5, 5.41) is 3.46. The van der Waals surface area contributed by atoms with Crippen molar-refractivity contribution < 1.29 is 4.79 Å². The van der Waals surface area contributed by atoms with Crippen molar-refractivity contribution in [3.8, 4) is 0 Å². The summed E-state index contributed by atoms with van der Waals surface area (Å²) in [6.45, 7) is 4.17. The van der Waals surface area contributed by atoms with E-state index in [0.717, 1.165) is 16.8 Å². The molecule has 0 aromatic heterocycles. The second-order valence-corrected chi connectivity index (χ2v) is 5.33. The highest BCUT2D eigenvalue weighted by Crippen LogP contribution is 2.43. The predicted octanol–water partition coefficient (Wildman–Crippen LogP) is 3.85. The Kier molecular flexibility index (Phi) is 2.67. The number of hydrogen-bond donors (Lipinski definition) is 1. The summed E-state index contributed by atoms with van der Waals surface area (Å²) in [6.07, 6.45) is 0. The minimum Gasteiger partial charge on any atom is -0.368 e. The van der Waals surface area contributed by atoms with Crippen LogP contribution in [-0.4, -0.2) is 5.78 Å². The van der Waals surface area contributed by atoms with Crippen molar-refractivity contribution in [2.24, 2.45) is 5.92 Å². The number of carbonyl (C=O) groups is 1. The van der Waals surface area contributed by atoms with E-state index in [1.54, 1.807) is 0 Å². The number of benzene rings is 2. The van der Waals surface area contributed by atoms with Gasteiger partial charge in [-0.3, -0.25) is 4.79 Å². The van der Waals surface area contributed by atoms with Gasteiger partial charge in [-0.15, -0.1) is 0 Å². The van der Waals surface area contributed by atoms with Crippen molar-refractivity contribution in [3.63, 3.8) is 0 Å². The zero-order chi connectivity index (χ0) is 13.5. The van der Waals surface area contributed by atoms with Crippen LogP contribution in [0.15, 0.2) is 54.6 Å². The normalized spacial score (nSPS) is 21.3. The van der Waals surface area contributed by atoms with Gasteiger partial charge in [0.1, 0.15) is 5.54 Å². The minimum absolute atomic E-state index is 0.171. The van der Waals surface area contributed by atoms with E-state index in [1.165, 1.54) is 0 Å². The van der Waals surface area contributed by atoms with Crippen LogP contribution >= 0.6 is 0 Å². The zero-order valence-electron chi connectivity index (χ0n) is 11.2. The van der Waals surface area contributed by atoms with Gasteiger partial charge >= 0.3 is 0 Å². The SMILES string of the molecule is CC(C)C1(c2ccccc2)Nc2ccccc2C1=O. The third-order valence-corrected chi connectivity index (χ3v) is 3.96. The van der Waals surface area contributed by atoms with Crippen LogP contribution in [0.5, 0.6) is 0 Å². The van der Waals surface area contributed by atoms with Gasteiger partial charge in [-0.05, 0) is 23.6 Å². The van der Waals surface area contributed by atoms with E-state index < -0.39 is 5.54 Å². The van der Waals surface area contributed by atoms with Crippen LogP contribution in [0.4, 0.5) is 5.69 Å². The van der Waals surface area contributed by atoms with Gasteiger partial charge in [0.25, 0.3) is 0 Å². The molecule has 1 unspecified atom stereocenters. The van der Waals surface area contributed by atoms with E-state index >= 15 is 0 Å². The summed E-state index contributed by atoms with van der Waals surface area (Å²) >= 11 is 0. The molecular weight excluding hydrogens is 234 g/mol. The van der Waals surface area contributed by atoms with Crippen molar-refractivity contribution in [3.05, 3.63) is 65.7 Å². The molecule has 0 aliphatic carbocycles. The molecule has 2 nitrogen and oxygen atoms in total. The first-order valence-corrected chi connectivity index (χ1v) is 6.64. The number of carbonyl (C=O) groups excluding carboxylic acids is 1. The number of hydrogen-bond acceptors (Lipinski definition) is 2. The summed E-state index contributed by atoms with van der Waals surface area (Å²) < 4.78 is 0. The lowest BCUT2D eigenvalue weighted by Crippen LogP contribution is -2.43. The van der Waals surface area contributed by atoms with Gasteiger partial charge in [0.2, 0.25) is 0 Å². The standard InChI is InChI=1S/C17H17NO/c1-12(2)17(13-8-4-3-5-9-13)16(19)14-10-6-7-11-15(14)18-17/h3-12,18H,1-2H3. The molecule has 1 N–H and O–H groups in total. The highest BCUT2D eigenvalue weighted by molar-refractivity contribution is 6.13. The Morgan fingerprint density at radius 3 is 2.21 bits per heavy atom. The molecular formula is C17H17NO. The van der Waals surface area contributed by atoms with Crippen LogP contribution in [0, 0.1) is 5.92 Å². The monoisotopic (exact) mass is 251 g/mol. The predicted molar refractivity (Wildman–Crippen MR) is 77.4 cm³/mol. The van der Waals surface area contributed by atoms with Crippen LogP contribution in [0.2, 0.25) is 0 Å². The Balaban J connectivity index is 2.19. The van der Waals surface area contributed by atoms with Crippen molar-refractivity contribution in [1.29, 1.82) is 0 Å². The number of ketones is 1. The lowest BCUT2D eigenvalue weighted by Gasteiger charge is -2.33. The highest BCUT2D eigenvalue weighted by atomic mass is 16.1. The Labute approximate surface area is 113 Å². The molecule has 1 heterocycles. The molecule has 0 saturated carbocycles. The maximum absolute atomic E-state index is 12.9. The molecule has 0 bridgehead atoms. The first kappa shape index (κ1) is 12.0. The van der Waals surface area contributed by atoms with Gasteiger partial charge in [-0.25, -0.2) is 0 Å². The van der Waals surface area contributed by atoms with E-state index in [4.69, 9.17) is 0 Å². The summed E-state index contributed by atoms with van der Waals surface area (Å²) in [7, 11) is 0. The Morgan fingerprint density at radius 2 is 1.58 bits per heavy atom. The molecule has 0 amide bonds. The first-order valence-electron chi connectivity index (χ1n) is 6.64. The van der Waals surface area contributed by atoms with E-state index in [2.05, 4.69) is 19.2 Å². The van der Waals surface area contributed by atoms with Crippen LogP contribution < -0.4 is 5.32 Å². The zero-order valence-corrected chi connectivity index (χ0v) is 11.2. The van der Waals surface area contributed by atoms with Crippen LogP contribution in [0.1, 0.15) is 29.8 Å². The number of anilines is 1. The summed E-state index contributed by atoms with van der Waals surface area (Å²) in [6, 6.07) is 17.7. The number of fused-ring (bicyclic) bond motifs is 1. The van der Waals surface area contributed by atoms with Gasteiger partial charge in [-0.2, -0.15) is 0 Å². The van der Waals surface area contributed by atoms with Crippen LogP contribution in [0.3, 0.4) is 0 Å². The second-order valence-electron chi connectivity index (χ2n) is 5.33. The van der Waals surface area contributed by atoms with E-state index in [0.29, 0.717) is 0 Å². The summed E-state index contributed by atoms with van der Waals surface area (Å²) in [5.74, 6) is 0.346. The lowest BCUT2D eigenvalue weighted by molar-refractivity contribution is 0.0880. The Bertz CT molecular complexity index is 618. The van der Waals surface area contributed by atoms with Gasteiger partial charge in [0, 0.05) is 11.3 Å².